The fourth-order valence-corrected chi connectivity index (χ4v) is 2.57. The second kappa shape index (κ2) is 5.40. The van der Waals surface area contributed by atoms with Crippen LogP contribution in [0.1, 0.15) is 61.4 Å². The highest BCUT2D eigenvalue weighted by molar-refractivity contribution is 5.97. The Kier molecular flexibility index (Phi) is 4.02. The Morgan fingerprint density at radius 1 is 1.16 bits per heavy atom. The Hall–Kier alpha value is -1.25. The van der Waals surface area contributed by atoms with E-state index in [1.807, 2.05) is 24.3 Å². The van der Waals surface area contributed by atoms with Crippen LogP contribution in [0.15, 0.2) is 24.3 Å². The number of benzene rings is 1. The third-order valence-corrected chi connectivity index (χ3v) is 3.95. The van der Waals surface area contributed by atoms with Crippen LogP contribution in [0.4, 0.5) is 8.78 Å². The number of hydrogen-bond acceptors (Lipinski definition) is 1. The van der Waals surface area contributed by atoms with Crippen molar-refractivity contribution in [2.24, 2.45) is 5.92 Å². The summed E-state index contributed by atoms with van der Waals surface area (Å²) in [5.74, 6) is -2.36. The van der Waals surface area contributed by atoms with Crippen molar-refractivity contribution >= 4 is 5.78 Å². The summed E-state index contributed by atoms with van der Waals surface area (Å²) in [7, 11) is 0. The average molecular weight is 266 g/mol. The molecule has 0 heterocycles. The van der Waals surface area contributed by atoms with E-state index in [1.165, 1.54) is 5.56 Å². The van der Waals surface area contributed by atoms with Crippen LogP contribution in [0.3, 0.4) is 0 Å². The standard InChI is InChI=1S/C16H20F2O/c1-11(2)12-3-5-13(6-4-12)15(19)14-7-9-16(17,18)10-8-14/h3-6,11,14H,7-10H2,1-2H3. The van der Waals surface area contributed by atoms with E-state index < -0.39 is 5.92 Å². The van der Waals surface area contributed by atoms with Crippen molar-refractivity contribution in [1.29, 1.82) is 0 Å². The molecular weight excluding hydrogens is 246 g/mol. The number of alkyl halides is 2. The van der Waals surface area contributed by atoms with Crippen molar-refractivity contribution in [2.45, 2.75) is 51.4 Å². The molecule has 1 fully saturated rings. The summed E-state index contributed by atoms with van der Waals surface area (Å²) in [6.07, 6.45) is 0.288. The normalized spacial score (nSPS) is 19.6. The van der Waals surface area contributed by atoms with Crippen molar-refractivity contribution in [3.05, 3.63) is 35.4 Å². The minimum absolute atomic E-state index is 0.0193. The summed E-state index contributed by atoms with van der Waals surface area (Å²) in [6, 6.07) is 7.56. The second-order valence-corrected chi connectivity index (χ2v) is 5.77. The summed E-state index contributed by atoms with van der Waals surface area (Å²) in [6.45, 7) is 4.19. The van der Waals surface area contributed by atoms with Crippen molar-refractivity contribution in [3.8, 4) is 0 Å². The zero-order valence-corrected chi connectivity index (χ0v) is 11.5. The Morgan fingerprint density at radius 3 is 2.16 bits per heavy atom. The first kappa shape index (κ1) is 14.2. The van der Waals surface area contributed by atoms with E-state index in [2.05, 4.69) is 13.8 Å². The van der Waals surface area contributed by atoms with Gasteiger partial charge in [-0.15, -0.1) is 0 Å². The molecule has 0 spiro atoms. The number of ketones is 1. The van der Waals surface area contributed by atoms with Gasteiger partial charge >= 0.3 is 0 Å². The van der Waals surface area contributed by atoms with E-state index in [9.17, 15) is 13.6 Å². The van der Waals surface area contributed by atoms with Gasteiger partial charge < -0.3 is 0 Å². The molecule has 0 radical (unpaired) electrons. The molecule has 0 amide bonds. The SMILES string of the molecule is CC(C)c1ccc(C(=O)C2CCC(F)(F)CC2)cc1. The smallest absolute Gasteiger partial charge is 0.248 e. The predicted octanol–water partition coefficient (Wildman–Crippen LogP) is 4.82. The summed E-state index contributed by atoms with van der Waals surface area (Å²) in [5, 5.41) is 0. The van der Waals surface area contributed by atoms with Gasteiger partial charge in [-0.3, -0.25) is 4.79 Å². The summed E-state index contributed by atoms with van der Waals surface area (Å²) in [5.41, 5.74) is 1.84. The van der Waals surface area contributed by atoms with E-state index in [4.69, 9.17) is 0 Å². The monoisotopic (exact) mass is 266 g/mol. The van der Waals surface area contributed by atoms with E-state index >= 15 is 0 Å². The van der Waals surface area contributed by atoms with Gasteiger partial charge in [-0.05, 0) is 24.3 Å². The third kappa shape index (κ3) is 3.40. The molecule has 0 aromatic heterocycles. The van der Waals surface area contributed by atoms with Gasteiger partial charge in [0, 0.05) is 24.3 Å². The molecule has 0 atom stereocenters. The molecule has 0 aliphatic heterocycles. The first-order valence-electron chi connectivity index (χ1n) is 6.91. The highest BCUT2D eigenvalue weighted by Crippen LogP contribution is 2.37. The molecule has 0 N–H and O–H groups in total. The molecule has 1 aliphatic rings. The molecule has 0 unspecified atom stereocenters. The fourth-order valence-electron chi connectivity index (χ4n) is 2.57. The largest absolute Gasteiger partial charge is 0.294 e. The van der Waals surface area contributed by atoms with Gasteiger partial charge in [-0.25, -0.2) is 8.78 Å². The number of rotatable bonds is 3. The van der Waals surface area contributed by atoms with Crippen LogP contribution in [0.2, 0.25) is 0 Å². The van der Waals surface area contributed by atoms with Gasteiger partial charge in [0.25, 0.3) is 0 Å². The van der Waals surface area contributed by atoms with E-state index in [1.54, 1.807) is 0 Å². The molecule has 2 rings (SSSR count). The lowest BCUT2D eigenvalue weighted by Gasteiger charge is -2.27. The van der Waals surface area contributed by atoms with Crippen LogP contribution < -0.4 is 0 Å². The maximum Gasteiger partial charge on any atom is 0.248 e. The zero-order valence-electron chi connectivity index (χ0n) is 11.5. The molecule has 19 heavy (non-hydrogen) atoms. The number of carbonyl (C=O) groups excluding carboxylic acids is 1. The highest BCUT2D eigenvalue weighted by Gasteiger charge is 2.37. The molecule has 3 heteroatoms. The van der Waals surface area contributed by atoms with Gasteiger partial charge in [-0.1, -0.05) is 38.1 Å². The van der Waals surface area contributed by atoms with Crippen molar-refractivity contribution < 1.29 is 13.6 Å². The minimum Gasteiger partial charge on any atom is -0.294 e. The lowest BCUT2D eigenvalue weighted by Crippen LogP contribution is -2.28. The van der Waals surface area contributed by atoms with Crippen molar-refractivity contribution in [3.63, 3.8) is 0 Å². The molecule has 1 saturated carbocycles. The lowest BCUT2D eigenvalue weighted by atomic mass is 9.82. The topological polar surface area (TPSA) is 17.1 Å². The lowest BCUT2D eigenvalue weighted by molar-refractivity contribution is -0.0424. The summed E-state index contributed by atoms with van der Waals surface area (Å²) < 4.78 is 26.1. The zero-order chi connectivity index (χ0) is 14.0. The maximum absolute atomic E-state index is 13.1. The fraction of sp³-hybridized carbons (Fsp3) is 0.562. The Morgan fingerprint density at radius 2 is 1.68 bits per heavy atom. The quantitative estimate of drug-likeness (QED) is 0.717. The van der Waals surface area contributed by atoms with E-state index in [-0.39, 0.29) is 24.5 Å². The first-order valence-corrected chi connectivity index (χ1v) is 6.91. The third-order valence-electron chi connectivity index (χ3n) is 3.95. The van der Waals surface area contributed by atoms with Crippen LogP contribution in [-0.2, 0) is 0 Å². The van der Waals surface area contributed by atoms with Crippen LogP contribution in [-0.4, -0.2) is 11.7 Å². The number of Topliss-reactive ketones (excluding diaryl/α,β-unsaturated/α-hetero) is 1. The molecular formula is C16H20F2O. The van der Waals surface area contributed by atoms with Gasteiger partial charge in [0.15, 0.2) is 5.78 Å². The van der Waals surface area contributed by atoms with Gasteiger partial charge in [-0.2, -0.15) is 0 Å². The Bertz CT molecular complexity index is 438. The minimum atomic E-state index is -2.57. The van der Waals surface area contributed by atoms with Gasteiger partial charge in [0.1, 0.15) is 0 Å². The number of carbonyl (C=O) groups is 1. The van der Waals surface area contributed by atoms with E-state index in [0.717, 1.165) is 0 Å². The first-order chi connectivity index (χ1) is 8.89. The predicted molar refractivity (Wildman–Crippen MR) is 71.8 cm³/mol. The van der Waals surface area contributed by atoms with E-state index in [0.29, 0.717) is 24.3 Å². The highest BCUT2D eigenvalue weighted by atomic mass is 19.3. The van der Waals surface area contributed by atoms with Crippen molar-refractivity contribution in [1.82, 2.24) is 0 Å². The summed E-state index contributed by atoms with van der Waals surface area (Å²) >= 11 is 0. The number of hydrogen-bond donors (Lipinski definition) is 0. The second-order valence-electron chi connectivity index (χ2n) is 5.77. The Labute approximate surface area is 113 Å². The average Bonchev–Trinajstić information content (AvgIpc) is 2.38. The van der Waals surface area contributed by atoms with Crippen LogP contribution in [0.5, 0.6) is 0 Å². The molecule has 0 saturated heterocycles. The molecule has 1 aromatic rings. The molecule has 1 nitrogen and oxygen atoms in total. The van der Waals surface area contributed by atoms with Crippen LogP contribution in [0, 0.1) is 5.92 Å². The van der Waals surface area contributed by atoms with Crippen LogP contribution in [0.25, 0.3) is 0 Å². The molecule has 0 bridgehead atoms. The van der Waals surface area contributed by atoms with Gasteiger partial charge in [0.2, 0.25) is 5.92 Å². The van der Waals surface area contributed by atoms with Crippen molar-refractivity contribution in [2.75, 3.05) is 0 Å². The molecule has 1 aliphatic carbocycles. The molecule has 1 aromatic carbocycles. The van der Waals surface area contributed by atoms with Crippen LogP contribution >= 0.6 is 0 Å². The number of halogens is 2. The van der Waals surface area contributed by atoms with Gasteiger partial charge in [0.05, 0.1) is 0 Å². The summed E-state index contributed by atoms with van der Waals surface area (Å²) in [4.78, 5) is 12.2. The maximum atomic E-state index is 13.1. The molecule has 104 valence electrons. The Balaban J connectivity index is 2.04.